The van der Waals surface area contributed by atoms with Crippen molar-refractivity contribution in [2.75, 3.05) is 0 Å². The number of hydrogen-bond donors (Lipinski definition) is 0. The Morgan fingerprint density at radius 1 is 0.760 bits per heavy atom. The lowest BCUT2D eigenvalue weighted by Crippen LogP contribution is -1.96. The van der Waals surface area contributed by atoms with Gasteiger partial charge in [0.2, 0.25) is 4.73 Å². The highest BCUT2D eigenvalue weighted by Crippen LogP contribution is 2.36. The lowest BCUT2D eigenvalue weighted by Gasteiger charge is -2.11. The molecule has 5 heteroatoms. The number of rotatable bonds is 2. The molecule has 5 rings (SSSR count). The molecule has 120 valence electrons. The van der Waals surface area contributed by atoms with E-state index in [2.05, 4.69) is 96.6 Å². The summed E-state index contributed by atoms with van der Waals surface area (Å²) in [5, 5.41) is 3.42. The number of halogens is 1. The Hall–Kier alpha value is -2.50. The van der Waals surface area contributed by atoms with Crippen molar-refractivity contribution in [1.82, 2.24) is 13.9 Å². The van der Waals surface area contributed by atoms with Gasteiger partial charge in [-0.2, -0.15) is 4.37 Å². The second-order valence-corrected chi connectivity index (χ2v) is 7.22. The molecule has 0 spiro atoms. The largest absolute Gasteiger partial charge is 0.309 e. The van der Waals surface area contributed by atoms with E-state index in [-0.39, 0.29) is 0 Å². The Morgan fingerprint density at radius 2 is 1.36 bits per heavy atom. The van der Waals surface area contributed by atoms with Crippen LogP contribution in [-0.4, -0.2) is 13.9 Å². The highest BCUT2D eigenvalue weighted by molar-refractivity contribution is 9.10. The summed E-state index contributed by atoms with van der Waals surface area (Å²) in [6, 6.07) is 25.4. The zero-order chi connectivity index (χ0) is 16.8. The minimum Gasteiger partial charge on any atom is -0.309 e. The Labute approximate surface area is 156 Å². The van der Waals surface area contributed by atoms with Crippen molar-refractivity contribution >= 4 is 49.3 Å². The number of aromatic nitrogens is 3. The number of para-hydroxylation sites is 3. The van der Waals surface area contributed by atoms with Crippen LogP contribution in [0.5, 0.6) is 0 Å². The maximum atomic E-state index is 4.52. The van der Waals surface area contributed by atoms with Crippen molar-refractivity contribution < 1.29 is 0 Å². The Bertz CT molecular complexity index is 1170. The van der Waals surface area contributed by atoms with Gasteiger partial charge in [0.25, 0.3) is 0 Å². The molecule has 0 amide bonds. The Kier molecular flexibility index (Phi) is 3.43. The molecule has 2 heterocycles. The monoisotopic (exact) mass is 405 g/mol. The summed E-state index contributed by atoms with van der Waals surface area (Å²) >= 11 is 4.77. The highest BCUT2D eigenvalue weighted by atomic mass is 79.9. The predicted octanol–water partition coefficient (Wildman–Crippen LogP) is 6.06. The fourth-order valence-corrected chi connectivity index (χ4v) is 4.46. The summed E-state index contributed by atoms with van der Waals surface area (Å²) < 4.78 is 7.22. The molecule has 0 saturated carbocycles. The Morgan fingerprint density at radius 3 is 2.00 bits per heavy atom. The van der Waals surface area contributed by atoms with E-state index in [4.69, 9.17) is 0 Å². The van der Waals surface area contributed by atoms with Crippen LogP contribution in [0.4, 0.5) is 0 Å². The van der Waals surface area contributed by atoms with Crippen LogP contribution in [0, 0.1) is 0 Å². The average Bonchev–Trinajstić information content (AvgIpc) is 3.23. The van der Waals surface area contributed by atoms with E-state index in [0.29, 0.717) is 4.73 Å². The van der Waals surface area contributed by atoms with E-state index < -0.39 is 0 Å². The smallest absolute Gasteiger partial charge is 0.209 e. The van der Waals surface area contributed by atoms with Gasteiger partial charge in [-0.1, -0.05) is 48.5 Å². The van der Waals surface area contributed by atoms with Gasteiger partial charge >= 0.3 is 0 Å². The van der Waals surface area contributed by atoms with Gasteiger partial charge in [0.05, 0.1) is 16.7 Å². The van der Waals surface area contributed by atoms with Crippen LogP contribution >= 0.6 is 27.5 Å². The lowest BCUT2D eigenvalue weighted by molar-refractivity contribution is 1.17. The molecule has 0 atom stereocenters. The molecule has 0 saturated heterocycles. The molecule has 3 nitrogen and oxygen atoms in total. The van der Waals surface area contributed by atoms with E-state index in [9.17, 15) is 0 Å². The van der Waals surface area contributed by atoms with Crippen LogP contribution in [0.15, 0.2) is 77.5 Å². The molecule has 0 radical (unpaired) electrons. The van der Waals surface area contributed by atoms with Crippen molar-refractivity contribution in [2.24, 2.45) is 0 Å². The highest BCUT2D eigenvalue weighted by Gasteiger charge is 2.16. The predicted molar refractivity (Wildman–Crippen MR) is 107 cm³/mol. The minimum atomic E-state index is 0.629. The van der Waals surface area contributed by atoms with Crippen LogP contribution in [0.25, 0.3) is 38.1 Å². The molecule has 0 N–H and O–H groups in total. The van der Waals surface area contributed by atoms with Gasteiger partial charge in [0, 0.05) is 16.3 Å². The molecule has 0 unspecified atom stereocenters. The van der Waals surface area contributed by atoms with Gasteiger partial charge in [0.1, 0.15) is 5.01 Å². The number of nitrogens with zero attached hydrogens (tertiary/aromatic N) is 3. The third-order valence-corrected chi connectivity index (χ3v) is 5.69. The maximum absolute atomic E-state index is 4.52. The maximum Gasteiger partial charge on any atom is 0.209 e. The first-order chi connectivity index (χ1) is 12.3. The second-order valence-electron chi connectivity index (χ2n) is 5.76. The molecule has 0 bridgehead atoms. The topological polar surface area (TPSA) is 30.7 Å². The molecule has 2 aromatic heterocycles. The quantitative estimate of drug-likeness (QED) is 0.357. The van der Waals surface area contributed by atoms with E-state index in [1.807, 2.05) is 6.07 Å². The third-order valence-electron chi connectivity index (χ3n) is 4.36. The average molecular weight is 406 g/mol. The first kappa shape index (κ1) is 14.8. The molecular formula is C20H12BrN3S. The molecule has 5 aromatic rings. The standard InChI is InChI=1S/C20H12BrN3S/c21-20-22-19(25-23-20)15-9-3-6-12-18(15)24-16-10-4-1-7-13(16)14-8-2-5-11-17(14)24/h1-12H. The molecule has 0 aliphatic heterocycles. The molecule has 3 aromatic carbocycles. The van der Waals surface area contributed by atoms with Crippen LogP contribution in [-0.2, 0) is 0 Å². The molecule has 0 aliphatic rings. The lowest BCUT2D eigenvalue weighted by atomic mass is 10.1. The fraction of sp³-hybridized carbons (Fsp3) is 0. The zero-order valence-electron chi connectivity index (χ0n) is 13.1. The summed E-state index contributed by atoms with van der Waals surface area (Å²) in [5.41, 5.74) is 4.58. The number of hydrogen-bond acceptors (Lipinski definition) is 3. The molecular weight excluding hydrogens is 394 g/mol. The number of fused-ring (bicyclic) bond motifs is 3. The van der Waals surface area contributed by atoms with Gasteiger partial charge in [-0.15, -0.1) is 0 Å². The minimum absolute atomic E-state index is 0.629. The van der Waals surface area contributed by atoms with E-state index in [0.717, 1.165) is 16.3 Å². The number of benzene rings is 3. The first-order valence-corrected chi connectivity index (χ1v) is 9.47. The van der Waals surface area contributed by atoms with Crippen molar-refractivity contribution in [3.05, 3.63) is 77.5 Å². The van der Waals surface area contributed by atoms with Crippen LogP contribution in [0.1, 0.15) is 0 Å². The van der Waals surface area contributed by atoms with Crippen LogP contribution in [0.3, 0.4) is 0 Å². The second kappa shape index (κ2) is 5.79. The normalized spacial score (nSPS) is 11.4. The van der Waals surface area contributed by atoms with Gasteiger partial charge in [0.15, 0.2) is 0 Å². The molecule has 0 aliphatic carbocycles. The van der Waals surface area contributed by atoms with E-state index in [1.54, 1.807) is 0 Å². The Balaban J connectivity index is 1.91. The molecule has 0 fully saturated rings. The van der Waals surface area contributed by atoms with Gasteiger partial charge in [-0.3, -0.25) is 0 Å². The first-order valence-electron chi connectivity index (χ1n) is 7.90. The van der Waals surface area contributed by atoms with E-state index in [1.165, 1.54) is 33.3 Å². The van der Waals surface area contributed by atoms with Crippen LogP contribution in [0.2, 0.25) is 0 Å². The summed E-state index contributed by atoms with van der Waals surface area (Å²) in [6.45, 7) is 0. The third kappa shape index (κ3) is 2.31. The summed E-state index contributed by atoms with van der Waals surface area (Å²) in [4.78, 5) is 4.52. The van der Waals surface area contributed by atoms with Gasteiger partial charge in [-0.05, 0) is 51.7 Å². The van der Waals surface area contributed by atoms with Crippen molar-refractivity contribution in [3.8, 4) is 16.3 Å². The summed E-state index contributed by atoms with van der Waals surface area (Å²) in [5.74, 6) is 0. The summed E-state index contributed by atoms with van der Waals surface area (Å²) in [6.07, 6.45) is 0. The van der Waals surface area contributed by atoms with Crippen molar-refractivity contribution in [3.63, 3.8) is 0 Å². The van der Waals surface area contributed by atoms with Gasteiger partial charge in [-0.25, -0.2) is 4.98 Å². The van der Waals surface area contributed by atoms with E-state index >= 15 is 0 Å². The van der Waals surface area contributed by atoms with Crippen molar-refractivity contribution in [1.29, 1.82) is 0 Å². The SMILES string of the molecule is Brc1nsc(-c2ccccc2-n2c3ccccc3c3ccccc32)n1. The zero-order valence-corrected chi connectivity index (χ0v) is 15.5. The van der Waals surface area contributed by atoms with Gasteiger partial charge < -0.3 is 4.57 Å². The summed E-state index contributed by atoms with van der Waals surface area (Å²) in [7, 11) is 0. The van der Waals surface area contributed by atoms with Crippen LogP contribution < -0.4 is 0 Å². The van der Waals surface area contributed by atoms with Crippen molar-refractivity contribution in [2.45, 2.75) is 0 Å². The molecule has 25 heavy (non-hydrogen) atoms. The fourth-order valence-electron chi connectivity index (χ4n) is 3.35.